The molecule has 0 bridgehead atoms. The van der Waals surface area contributed by atoms with Crippen molar-refractivity contribution >= 4 is 0 Å². The van der Waals surface area contributed by atoms with Gasteiger partial charge in [-0.15, -0.1) is 0 Å². The minimum absolute atomic E-state index is 0.125. The number of aliphatic hydroxyl groups is 1. The summed E-state index contributed by atoms with van der Waals surface area (Å²) in [5, 5.41) is 9.67. The standard InChI is InChI=1S/C9H16O3/c10-8-4-2-1-3-7(8)9-11-5-6-12-9/h7-10H,1-6H2/t7-,8-/m1/s1. The fourth-order valence-corrected chi connectivity index (χ4v) is 2.08. The van der Waals surface area contributed by atoms with Crippen molar-refractivity contribution in [3.8, 4) is 0 Å². The van der Waals surface area contributed by atoms with Gasteiger partial charge in [-0.1, -0.05) is 12.8 Å². The fourth-order valence-electron chi connectivity index (χ4n) is 2.08. The van der Waals surface area contributed by atoms with Gasteiger partial charge in [0.05, 0.1) is 19.3 Å². The first-order chi connectivity index (χ1) is 5.88. The lowest BCUT2D eigenvalue weighted by Gasteiger charge is -2.30. The Morgan fingerprint density at radius 3 is 2.33 bits per heavy atom. The van der Waals surface area contributed by atoms with Crippen LogP contribution >= 0.6 is 0 Å². The third kappa shape index (κ3) is 1.63. The highest BCUT2D eigenvalue weighted by Gasteiger charge is 2.33. The third-order valence-corrected chi connectivity index (χ3v) is 2.78. The molecule has 3 nitrogen and oxygen atoms in total. The van der Waals surface area contributed by atoms with Gasteiger partial charge in [-0.2, -0.15) is 0 Å². The van der Waals surface area contributed by atoms with Crippen LogP contribution in [0.2, 0.25) is 0 Å². The molecule has 1 saturated carbocycles. The zero-order valence-corrected chi connectivity index (χ0v) is 7.24. The summed E-state index contributed by atoms with van der Waals surface area (Å²) in [4.78, 5) is 0. The van der Waals surface area contributed by atoms with Crippen molar-refractivity contribution in [3.05, 3.63) is 0 Å². The first-order valence-corrected chi connectivity index (χ1v) is 4.79. The molecule has 0 aromatic carbocycles. The van der Waals surface area contributed by atoms with Crippen molar-refractivity contribution < 1.29 is 14.6 Å². The van der Waals surface area contributed by atoms with Gasteiger partial charge in [0.15, 0.2) is 6.29 Å². The van der Waals surface area contributed by atoms with Gasteiger partial charge in [-0.3, -0.25) is 0 Å². The first kappa shape index (κ1) is 8.48. The van der Waals surface area contributed by atoms with Crippen molar-refractivity contribution in [2.75, 3.05) is 13.2 Å². The van der Waals surface area contributed by atoms with Crippen LogP contribution in [0.5, 0.6) is 0 Å². The van der Waals surface area contributed by atoms with Gasteiger partial charge in [0.1, 0.15) is 0 Å². The van der Waals surface area contributed by atoms with Crippen molar-refractivity contribution in [2.45, 2.75) is 38.1 Å². The first-order valence-electron chi connectivity index (χ1n) is 4.79. The summed E-state index contributed by atoms with van der Waals surface area (Å²) in [6.07, 6.45) is 3.97. The molecule has 2 aliphatic rings. The number of hydrogen-bond donors (Lipinski definition) is 1. The zero-order chi connectivity index (χ0) is 8.39. The largest absolute Gasteiger partial charge is 0.393 e. The molecular formula is C9H16O3. The normalized spacial score (nSPS) is 38.8. The maximum absolute atomic E-state index is 9.67. The Morgan fingerprint density at radius 2 is 1.67 bits per heavy atom. The second kappa shape index (κ2) is 3.73. The average Bonchev–Trinajstić information content (AvgIpc) is 2.57. The average molecular weight is 172 g/mol. The van der Waals surface area contributed by atoms with E-state index in [4.69, 9.17) is 9.47 Å². The quantitative estimate of drug-likeness (QED) is 0.639. The number of aliphatic hydroxyl groups excluding tert-OH is 1. The van der Waals surface area contributed by atoms with Crippen LogP contribution < -0.4 is 0 Å². The summed E-state index contributed by atoms with van der Waals surface area (Å²) in [6.45, 7) is 1.38. The van der Waals surface area contributed by atoms with Gasteiger partial charge >= 0.3 is 0 Å². The Balaban J connectivity index is 1.91. The van der Waals surface area contributed by atoms with Crippen LogP contribution in [-0.4, -0.2) is 30.7 Å². The molecule has 0 amide bonds. The summed E-state index contributed by atoms with van der Waals surface area (Å²) in [7, 11) is 0. The molecule has 0 unspecified atom stereocenters. The molecule has 1 N–H and O–H groups in total. The van der Waals surface area contributed by atoms with E-state index in [0.717, 1.165) is 19.3 Å². The summed E-state index contributed by atoms with van der Waals surface area (Å²) >= 11 is 0. The number of rotatable bonds is 1. The smallest absolute Gasteiger partial charge is 0.163 e. The van der Waals surface area contributed by atoms with Crippen molar-refractivity contribution in [1.29, 1.82) is 0 Å². The lowest BCUT2D eigenvalue weighted by atomic mass is 9.86. The molecule has 3 heteroatoms. The van der Waals surface area contributed by atoms with Gasteiger partial charge in [0.2, 0.25) is 0 Å². The molecule has 0 radical (unpaired) electrons. The highest BCUT2D eigenvalue weighted by atomic mass is 16.7. The van der Waals surface area contributed by atoms with E-state index in [-0.39, 0.29) is 18.3 Å². The van der Waals surface area contributed by atoms with Gasteiger partial charge in [-0.25, -0.2) is 0 Å². The minimum Gasteiger partial charge on any atom is -0.393 e. The van der Waals surface area contributed by atoms with Crippen LogP contribution in [0.1, 0.15) is 25.7 Å². The molecule has 1 saturated heterocycles. The zero-order valence-electron chi connectivity index (χ0n) is 7.24. The maximum Gasteiger partial charge on any atom is 0.163 e. The van der Waals surface area contributed by atoms with Crippen LogP contribution in [-0.2, 0) is 9.47 Å². The van der Waals surface area contributed by atoms with E-state index in [2.05, 4.69) is 0 Å². The lowest BCUT2D eigenvalue weighted by molar-refractivity contribution is -0.127. The van der Waals surface area contributed by atoms with E-state index in [1.54, 1.807) is 0 Å². The Kier molecular flexibility index (Phi) is 2.63. The molecular weight excluding hydrogens is 156 g/mol. The molecule has 0 aromatic rings. The topological polar surface area (TPSA) is 38.7 Å². The third-order valence-electron chi connectivity index (χ3n) is 2.78. The number of hydrogen-bond acceptors (Lipinski definition) is 3. The second-order valence-electron chi connectivity index (χ2n) is 3.63. The van der Waals surface area contributed by atoms with Crippen LogP contribution in [0.25, 0.3) is 0 Å². The molecule has 2 rings (SSSR count). The van der Waals surface area contributed by atoms with E-state index < -0.39 is 0 Å². The Labute approximate surface area is 72.7 Å². The molecule has 0 aromatic heterocycles. The highest BCUT2D eigenvalue weighted by molar-refractivity contribution is 4.78. The van der Waals surface area contributed by atoms with E-state index in [0.29, 0.717) is 13.2 Å². The maximum atomic E-state index is 9.67. The second-order valence-corrected chi connectivity index (χ2v) is 3.63. The predicted octanol–water partition coefficient (Wildman–Crippen LogP) is 0.910. The highest BCUT2D eigenvalue weighted by Crippen LogP contribution is 2.30. The summed E-state index contributed by atoms with van der Waals surface area (Å²) in [5.41, 5.74) is 0. The van der Waals surface area contributed by atoms with Crippen LogP contribution in [0.3, 0.4) is 0 Å². The fraction of sp³-hybridized carbons (Fsp3) is 1.00. The molecule has 0 spiro atoms. The Hall–Kier alpha value is -0.120. The summed E-state index contributed by atoms with van der Waals surface area (Å²) in [6, 6.07) is 0. The molecule has 1 aliphatic carbocycles. The van der Waals surface area contributed by atoms with Gasteiger partial charge in [0.25, 0.3) is 0 Å². The molecule has 1 aliphatic heterocycles. The molecule has 2 fully saturated rings. The Morgan fingerprint density at radius 1 is 1.00 bits per heavy atom. The summed E-state index contributed by atoms with van der Waals surface area (Å²) in [5.74, 6) is 0.223. The van der Waals surface area contributed by atoms with E-state index in [1.165, 1.54) is 6.42 Å². The van der Waals surface area contributed by atoms with E-state index >= 15 is 0 Å². The lowest BCUT2D eigenvalue weighted by Crippen LogP contribution is -2.34. The van der Waals surface area contributed by atoms with Crippen LogP contribution in [0.15, 0.2) is 0 Å². The monoisotopic (exact) mass is 172 g/mol. The van der Waals surface area contributed by atoms with Gasteiger partial charge < -0.3 is 14.6 Å². The predicted molar refractivity (Wildman–Crippen MR) is 43.7 cm³/mol. The Bertz CT molecular complexity index is 143. The van der Waals surface area contributed by atoms with Gasteiger partial charge in [-0.05, 0) is 12.8 Å². The minimum atomic E-state index is -0.207. The van der Waals surface area contributed by atoms with Crippen molar-refractivity contribution in [2.24, 2.45) is 5.92 Å². The van der Waals surface area contributed by atoms with E-state index in [1.807, 2.05) is 0 Å². The van der Waals surface area contributed by atoms with Crippen molar-refractivity contribution in [3.63, 3.8) is 0 Å². The SMILES string of the molecule is O[C@@H]1CCCC[C@H]1C1OCCO1. The molecule has 70 valence electrons. The van der Waals surface area contributed by atoms with Crippen LogP contribution in [0.4, 0.5) is 0 Å². The van der Waals surface area contributed by atoms with Crippen molar-refractivity contribution in [1.82, 2.24) is 0 Å². The van der Waals surface area contributed by atoms with Gasteiger partial charge in [0, 0.05) is 5.92 Å². The molecule has 1 heterocycles. The summed E-state index contributed by atoms with van der Waals surface area (Å²) < 4.78 is 10.8. The molecule has 12 heavy (non-hydrogen) atoms. The van der Waals surface area contributed by atoms with Crippen LogP contribution in [0, 0.1) is 5.92 Å². The number of ether oxygens (including phenoxy) is 2. The molecule has 2 atom stereocenters. The van der Waals surface area contributed by atoms with E-state index in [9.17, 15) is 5.11 Å².